The summed E-state index contributed by atoms with van der Waals surface area (Å²) in [5, 5.41) is 10.5. The van der Waals surface area contributed by atoms with Crippen molar-refractivity contribution in [2.75, 3.05) is 45.9 Å². The molecule has 24 heavy (non-hydrogen) atoms. The molecule has 0 radical (unpaired) electrons. The number of benzene rings is 1. The number of aliphatic hydroxyl groups excluding tert-OH is 1. The van der Waals surface area contributed by atoms with Gasteiger partial charge >= 0.3 is 0 Å². The molecule has 0 aromatic heterocycles. The Morgan fingerprint density at radius 2 is 1.96 bits per heavy atom. The van der Waals surface area contributed by atoms with Crippen LogP contribution in [0.4, 0.5) is 4.39 Å². The first kappa shape index (κ1) is 19.6. The lowest BCUT2D eigenvalue weighted by Gasteiger charge is -2.35. The van der Waals surface area contributed by atoms with Crippen molar-refractivity contribution in [2.45, 2.75) is 32.4 Å². The summed E-state index contributed by atoms with van der Waals surface area (Å²) in [5.41, 5.74) is 0.567. The molecule has 1 aliphatic rings. The lowest BCUT2D eigenvalue weighted by Crippen LogP contribution is -2.48. The van der Waals surface area contributed by atoms with Gasteiger partial charge in [0.1, 0.15) is 5.82 Å². The minimum atomic E-state index is -0.450. The fourth-order valence-electron chi connectivity index (χ4n) is 2.85. The number of aliphatic hydroxyl groups is 1. The molecule has 1 N–H and O–H groups in total. The van der Waals surface area contributed by atoms with E-state index in [1.165, 1.54) is 6.07 Å². The lowest BCUT2D eigenvalue weighted by molar-refractivity contribution is 0.00582. The third kappa shape index (κ3) is 6.30. The molecule has 1 aromatic carbocycles. The Hall–Kier alpha value is -0.720. The van der Waals surface area contributed by atoms with Gasteiger partial charge in [0.15, 0.2) is 0 Å². The highest BCUT2D eigenvalue weighted by Crippen LogP contribution is 2.21. The van der Waals surface area contributed by atoms with Gasteiger partial charge in [-0.2, -0.15) is 0 Å². The second kappa shape index (κ2) is 10.3. The zero-order valence-corrected chi connectivity index (χ0v) is 15.1. The summed E-state index contributed by atoms with van der Waals surface area (Å²) in [7, 11) is 0. The molecule has 1 heterocycles. The molecule has 2 rings (SSSR count). The zero-order valence-electron chi connectivity index (χ0n) is 14.4. The number of hydrogen-bond donors (Lipinski definition) is 1. The minimum Gasteiger partial charge on any atom is -0.389 e. The molecule has 4 nitrogen and oxygen atoms in total. The van der Waals surface area contributed by atoms with Gasteiger partial charge in [0.25, 0.3) is 0 Å². The zero-order chi connectivity index (χ0) is 17.4. The number of β-amino-alcohol motifs (C(OH)–C–C–N with tert-alkyl or cyclic N) is 1. The second-order valence-corrected chi connectivity index (χ2v) is 6.77. The molecule has 0 bridgehead atoms. The van der Waals surface area contributed by atoms with Crippen LogP contribution in [0.1, 0.15) is 25.3 Å². The number of unbranched alkanes of at least 4 members (excludes halogenated alkanes) is 1. The number of ether oxygens (including phenoxy) is 1. The maximum absolute atomic E-state index is 13.9. The van der Waals surface area contributed by atoms with Crippen LogP contribution in [-0.4, -0.2) is 66.9 Å². The number of nitrogens with zero attached hydrogens (tertiary/aromatic N) is 2. The van der Waals surface area contributed by atoms with Crippen LogP contribution in [0.2, 0.25) is 5.02 Å². The summed E-state index contributed by atoms with van der Waals surface area (Å²) in [6.07, 6.45) is 1.68. The molecular weight excluding hydrogens is 331 g/mol. The number of rotatable bonds is 9. The van der Waals surface area contributed by atoms with Crippen molar-refractivity contribution in [2.24, 2.45) is 0 Å². The third-order valence-corrected chi connectivity index (χ3v) is 4.68. The standard InChI is InChI=1S/C18H28ClFN2O2/c1-2-3-11-24-14-15(23)12-21-7-9-22(10-8-21)13-16-17(19)5-4-6-18(16)20/h4-6,15,23H,2-3,7-14H2,1H3. The van der Waals surface area contributed by atoms with E-state index in [9.17, 15) is 9.50 Å². The third-order valence-electron chi connectivity index (χ3n) is 4.33. The van der Waals surface area contributed by atoms with E-state index in [-0.39, 0.29) is 5.82 Å². The van der Waals surface area contributed by atoms with E-state index in [1.807, 2.05) is 0 Å². The van der Waals surface area contributed by atoms with Crippen LogP contribution in [0.25, 0.3) is 0 Å². The molecule has 1 saturated heterocycles. The van der Waals surface area contributed by atoms with Gasteiger partial charge in [-0.3, -0.25) is 9.80 Å². The molecule has 1 fully saturated rings. The number of piperazine rings is 1. The van der Waals surface area contributed by atoms with E-state index in [4.69, 9.17) is 16.3 Å². The molecule has 0 aliphatic carbocycles. The molecule has 1 aliphatic heterocycles. The predicted molar refractivity (Wildman–Crippen MR) is 94.9 cm³/mol. The number of halogens is 2. The first-order chi connectivity index (χ1) is 11.6. The molecule has 1 aromatic rings. The Labute approximate surface area is 149 Å². The molecule has 0 saturated carbocycles. The van der Waals surface area contributed by atoms with Crippen molar-refractivity contribution in [3.8, 4) is 0 Å². The van der Waals surface area contributed by atoms with Crippen molar-refractivity contribution >= 4 is 11.6 Å². The Balaban J connectivity index is 1.69. The van der Waals surface area contributed by atoms with E-state index in [1.54, 1.807) is 12.1 Å². The van der Waals surface area contributed by atoms with Crippen LogP contribution in [0.15, 0.2) is 18.2 Å². The topological polar surface area (TPSA) is 35.9 Å². The van der Waals surface area contributed by atoms with Crippen molar-refractivity contribution in [1.82, 2.24) is 9.80 Å². The summed E-state index contributed by atoms with van der Waals surface area (Å²) in [6, 6.07) is 4.81. The molecular formula is C18H28ClFN2O2. The Kier molecular flexibility index (Phi) is 8.42. The predicted octanol–water partition coefficient (Wildman–Crippen LogP) is 2.77. The SMILES string of the molecule is CCCCOCC(O)CN1CCN(Cc2c(F)cccc2Cl)CC1. The first-order valence-electron chi connectivity index (χ1n) is 8.73. The quantitative estimate of drug-likeness (QED) is 0.689. The number of hydrogen-bond acceptors (Lipinski definition) is 4. The normalized spacial score (nSPS) is 18.0. The van der Waals surface area contributed by atoms with Crippen LogP contribution in [-0.2, 0) is 11.3 Å². The van der Waals surface area contributed by atoms with Gasteiger partial charge in [0.05, 0.1) is 12.7 Å². The molecule has 0 spiro atoms. The van der Waals surface area contributed by atoms with Crippen molar-refractivity contribution in [3.05, 3.63) is 34.6 Å². The van der Waals surface area contributed by atoms with E-state index >= 15 is 0 Å². The summed E-state index contributed by atoms with van der Waals surface area (Å²) >= 11 is 6.09. The highest BCUT2D eigenvalue weighted by Gasteiger charge is 2.21. The van der Waals surface area contributed by atoms with Crippen LogP contribution >= 0.6 is 11.6 Å². The van der Waals surface area contributed by atoms with Gasteiger partial charge in [-0.1, -0.05) is 31.0 Å². The first-order valence-corrected chi connectivity index (χ1v) is 9.11. The van der Waals surface area contributed by atoms with Gasteiger partial charge in [0, 0.05) is 56.5 Å². The van der Waals surface area contributed by atoms with Gasteiger partial charge in [-0.25, -0.2) is 4.39 Å². The van der Waals surface area contributed by atoms with Crippen molar-refractivity contribution in [1.29, 1.82) is 0 Å². The largest absolute Gasteiger partial charge is 0.389 e. The molecule has 6 heteroatoms. The minimum absolute atomic E-state index is 0.246. The molecule has 1 atom stereocenters. The van der Waals surface area contributed by atoms with Gasteiger partial charge in [-0.15, -0.1) is 0 Å². The second-order valence-electron chi connectivity index (χ2n) is 6.36. The Morgan fingerprint density at radius 3 is 2.62 bits per heavy atom. The Bertz CT molecular complexity index is 476. The van der Waals surface area contributed by atoms with Gasteiger partial charge < -0.3 is 9.84 Å². The monoisotopic (exact) mass is 358 g/mol. The summed E-state index contributed by atoms with van der Waals surface area (Å²) in [5.74, 6) is -0.246. The summed E-state index contributed by atoms with van der Waals surface area (Å²) in [4.78, 5) is 4.43. The average molecular weight is 359 g/mol. The van der Waals surface area contributed by atoms with E-state index in [0.717, 1.165) is 39.0 Å². The van der Waals surface area contributed by atoms with E-state index in [2.05, 4.69) is 16.7 Å². The van der Waals surface area contributed by atoms with Crippen LogP contribution < -0.4 is 0 Å². The molecule has 0 amide bonds. The molecule has 1 unspecified atom stereocenters. The summed E-state index contributed by atoms with van der Waals surface area (Å²) < 4.78 is 19.3. The van der Waals surface area contributed by atoms with Crippen molar-refractivity contribution in [3.63, 3.8) is 0 Å². The smallest absolute Gasteiger partial charge is 0.129 e. The van der Waals surface area contributed by atoms with Crippen LogP contribution in [0.3, 0.4) is 0 Å². The maximum Gasteiger partial charge on any atom is 0.129 e. The summed E-state index contributed by atoms with van der Waals surface area (Å²) in [6.45, 7) is 7.78. The fraction of sp³-hybridized carbons (Fsp3) is 0.667. The molecule has 136 valence electrons. The van der Waals surface area contributed by atoms with Gasteiger partial charge in [-0.05, 0) is 18.6 Å². The average Bonchev–Trinajstić information content (AvgIpc) is 2.57. The highest BCUT2D eigenvalue weighted by molar-refractivity contribution is 6.31. The fourth-order valence-corrected chi connectivity index (χ4v) is 3.08. The van der Waals surface area contributed by atoms with E-state index < -0.39 is 6.10 Å². The maximum atomic E-state index is 13.9. The lowest BCUT2D eigenvalue weighted by atomic mass is 10.1. The van der Waals surface area contributed by atoms with Crippen LogP contribution in [0, 0.1) is 5.82 Å². The van der Waals surface area contributed by atoms with E-state index in [0.29, 0.717) is 36.9 Å². The van der Waals surface area contributed by atoms with Crippen LogP contribution in [0.5, 0.6) is 0 Å². The highest BCUT2D eigenvalue weighted by atomic mass is 35.5. The van der Waals surface area contributed by atoms with Gasteiger partial charge in [0.2, 0.25) is 0 Å². The Morgan fingerprint density at radius 1 is 1.25 bits per heavy atom. The van der Waals surface area contributed by atoms with Crippen molar-refractivity contribution < 1.29 is 14.2 Å².